The van der Waals surface area contributed by atoms with Crippen LogP contribution in [-0.4, -0.2) is 87.2 Å². The largest absolute Gasteiger partial charge is 0.493 e. The smallest absolute Gasteiger partial charge is 0.260 e. The molecule has 0 aliphatic carbocycles. The van der Waals surface area contributed by atoms with Gasteiger partial charge in [0.2, 0.25) is 0 Å². The predicted molar refractivity (Wildman–Crippen MR) is 141 cm³/mol. The number of piperazine rings is 1. The van der Waals surface area contributed by atoms with Crippen LogP contribution >= 0.6 is 0 Å². The maximum absolute atomic E-state index is 12.8. The van der Waals surface area contributed by atoms with E-state index >= 15 is 0 Å². The topological polar surface area (TPSA) is 54.5 Å². The van der Waals surface area contributed by atoms with E-state index in [0.717, 1.165) is 67.2 Å². The molecule has 0 radical (unpaired) electrons. The lowest BCUT2D eigenvalue weighted by atomic mass is 9.85. The summed E-state index contributed by atoms with van der Waals surface area (Å²) in [5, 5.41) is 4.76. The molecular formula is C29H35N3O4. The van der Waals surface area contributed by atoms with Gasteiger partial charge in [0.15, 0.2) is 18.1 Å². The van der Waals surface area contributed by atoms with Crippen molar-refractivity contribution in [1.29, 1.82) is 0 Å². The van der Waals surface area contributed by atoms with E-state index in [-0.39, 0.29) is 12.5 Å². The molecule has 1 amide bonds. The molecule has 3 aromatic rings. The Bertz CT molecular complexity index is 1320. The summed E-state index contributed by atoms with van der Waals surface area (Å²) >= 11 is 0. The lowest BCUT2D eigenvalue weighted by Crippen LogP contribution is -2.48. The first kappa shape index (κ1) is 23.4. The normalized spacial score (nSPS) is 20.4. The minimum absolute atomic E-state index is 0.0474. The first-order valence-electron chi connectivity index (χ1n) is 13.0. The van der Waals surface area contributed by atoms with Crippen molar-refractivity contribution in [2.24, 2.45) is 0 Å². The molecule has 7 nitrogen and oxygen atoms in total. The minimum Gasteiger partial charge on any atom is -0.493 e. The van der Waals surface area contributed by atoms with Crippen molar-refractivity contribution in [3.05, 3.63) is 41.5 Å². The molecule has 0 bridgehead atoms. The highest BCUT2D eigenvalue weighted by molar-refractivity contribution is 6.12. The molecule has 0 N–H and O–H groups in total. The number of ether oxygens (including phenoxy) is 3. The Labute approximate surface area is 212 Å². The number of nitrogens with zero attached hydrogens (tertiary/aromatic N) is 3. The Morgan fingerprint density at radius 3 is 2.36 bits per heavy atom. The molecule has 7 heteroatoms. The van der Waals surface area contributed by atoms with Crippen LogP contribution in [-0.2, 0) is 17.8 Å². The van der Waals surface area contributed by atoms with Crippen LogP contribution in [0.15, 0.2) is 30.3 Å². The number of methoxy groups -OCH3 is 2. The van der Waals surface area contributed by atoms with Gasteiger partial charge in [0, 0.05) is 38.8 Å². The predicted octanol–water partition coefficient (Wildman–Crippen LogP) is 3.68. The molecular weight excluding hydrogens is 454 g/mol. The minimum atomic E-state index is 0.0474. The fourth-order valence-electron chi connectivity index (χ4n) is 6.25. The van der Waals surface area contributed by atoms with Gasteiger partial charge in [-0.05, 0) is 89.8 Å². The second-order valence-corrected chi connectivity index (χ2v) is 10.4. The van der Waals surface area contributed by atoms with Gasteiger partial charge in [-0.25, -0.2) is 0 Å². The fraction of sp³-hybridized carbons (Fsp3) is 0.483. The summed E-state index contributed by atoms with van der Waals surface area (Å²) in [6.07, 6.45) is 3.60. The molecule has 3 aromatic carbocycles. The van der Waals surface area contributed by atoms with E-state index in [1.807, 2.05) is 11.0 Å². The van der Waals surface area contributed by atoms with Crippen molar-refractivity contribution in [1.82, 2.24) is 14.7 Å². The van der Waals surface area contributed by atoms with Crippen molar-refractivity contribution in [2.75, 3.05) is 60.6 Å². The third-order valence-corrected chi connectivity index (χ3v) is 8.34. The van der Waals surface area contributed by atoms with Crippen LogP contribution in [0, 0.1) is 0 Å². The molecule has 36 heavy (non-hydrogen) atoms. The van der Waals surface area contributed by atoms with Gasteiger partial charge in [0.25, 0.3) is 5.91 Å². The van der Waals surface area contributed by atoms with Gasteiger partial charge >= 0.3 is 0 Å². The van der Waals surface area contributed by atoms with E-state index < -0.39 is 0 Å². The monoisotopic (exact) mass is 489 g/mol. The van der Waals surface area contributed by atoms with Crippen LogP contribution in [0.3, 0.4) is 0 Å². The number of rotatable bonds is 5. The standard InChI is InChI=1S/C29H35N3O4/c1-30-9-11-31(12-10-30)29(33)18-36-20-6-7-21-22-13-19-5-4-8-32(19)17-26(22)25-16-28(35-3)27(34-2)15-24(25)23(21)14-20/h6-7,14-16,19H,4-5,8-13,17-18H2,1-3H3. The molecule has 2 saturated heterocycles. The molecule has 1 atom stereocenters. The summed E-state index contributed by atoms with van der Waals surface area (Å²) < 4.78 is 17.4. The first-order chi connectivity index (χ1) is 17.6. The van der Waals surface area contributed by atoms with Gasteiger partial charge in [-0.15, -0.1) is 0 Å². The molecule has 1 unspecified atom stereocenters. The van der Waals surface area contributed by atoms with Gasteiger partial charge in [-0.3, -0.25) is 9.69 Å². The Morgan fingerprint density at radius 2 is 1.61 bits per heavy atom. The number of amides is 1. The van der Waals surface area contributed by atoms with Crippen LogP contribution in [0.2, 0.25) is 0 Å². The number of carbonyl (C=O) groups is 1. The number of benzene rings is 3. The fourth-order valence-corrected chi connectivity index (χ4v) is 6.25. The summed E-state index contributed by atoms with van der Waals surface area (Å²) in [5.74, 6) is 2.24. The van der Waals surface area contributed by atoms with Gasteiger partial charge < -0.3 is 24.0 Å². The zero-order valence-corrected chi connectivity index (χ0v) is 21.5. The summed E-state index contributed by atoms with van der Waals surface area (Å²) in [5.41, 5.74) is 2.84. The molecule has 0 saturated carbocycles. The number of hydrogen-bond acceptors (Lipinski definition) is 6. The Kier molecular flexibility index (Phi) is 6.13. The first-order valence-corrected chi connectivity index (χ1v) is 13.0. The molecule has 3 aliphatic heterocycles. The van der Waals surface area contributed by atoms with E-state index in [2.05, 4.69) is 41.1 Å². The summed E-state index contributed by atoms with van der Waals surface area (Å²) in [7, 11) is 5.46. The third kappa shape index (κ3) is 4.04. The van der Waals surface area contributed by atoms with Gasteiger partial charge in [-0.1, -0.05) is 6.07 Å². The third-order valence-electron chi connectivity index (χ3n) is 8.34. The maximum atomic E-state index is 12.8. The number of fused-ring (bicyclic) bond motifs is 7. The van der Waals surface area contributed by atoms with Crippen molar-refractivity contribution in [2.45, 2.75) is 31.8 Å². The summed E-state index contributed by atoms with van der Waals surface area (Å²) in [6.45, 7) is 5.53. The highest BCUT2D eigenvalue weighted by atomic mass is 16.5. The van der Waals surface area contributed by atoms with Crippen LogP contribution in [0.1, 0.15) is 24.0 Å². The number of hydrogen-bond donors (Lipinski definition) is 0. The van der Waals surface area contributed by atoms with Crippen molar-refractivity contribution in [3.63, 3.8) is 0 Å². The van der Waals surface area contributed by atoms with Gasteiger partial charge in [0.1, 0.15) is 5.75 Å². The maximum Gasteiger partial charge on any atom is 0.260 e. The average Bonchev–Trinajstić information content (AvgIpc) is 3.38. The van der Waals surface area contributed by atoms with Crippen molar-refractivity contribution < 1.29 is 19.0 Å². The SMILES string of the molecule is COc1cc2c3c(c4ccc(OCC(=O)N5CCN(C)CC5)cc4c2cc1OC)CC1CCCN1C3. The van der Waals surface area contributed by atoms with Crippen LogP contribution in [0.5, 0.6) is 17.2 Å². The zero-order valence-electron chi connectivity index (χ0n) is 21.5. The van der Waals surface area contributed by atoms with Crippen molar-refractivity contribution >= 4 is 27.5 Å². The van der Waals surface area contributed by atoms with Crippen LogP contribution < -0.4 is 14.2 Å². The highest BCUT2D eigenvalue weighted by Gasteiger charge is 2.32. The second-order valence-electron chi connectivity index (χ2n) is 10.4. The molecule has 6 rings (SSSR count). The van der Waals surface area contributed by atoms with Crippen LogP contribution in [0.4, 0.5) is 0 Å². The molecule has 2 fully saturated rings. The van der Waals surface area contributed by atoms with Gasteiger partial charge in [-0.2, -0.15) is 0 Å². The lowest BCUT2D eigenvalue weighted by molar-refractivity contribution is -0.134. The van der Waals surface area contributed by atoms with Gasteiger partial charge in [0.05, 0.1) is 14.2 Å². The van der Waals surface area contributed by atoms with E-state index in [0.29, 0.717) is 6.04 Å². The van der Waals surface area contributed by atoms with E-state index in [9.17, 15) is 4.79 Å². The average molecular weight is 490 g/mol. The van der Waals surface area contributed by atoms with Crippen molar-refractivity contribution in [3.8, 4) is 17.2 Å². The molecule has 0 aromatic heterocycles. The summed E-state index contributed by atoms with van der Waals surface area (Å²) in [6, 6.07) is 11.1. The second kappa shape index (κ2) is 9.45. The Morgan fingerprint density at radius 1 is 0.889 bits per heavy atom. The molecule has 3 heterocycles. The molecule has 190 valence electrons. The Balaban J connectivity index is 1.40. The number of likely N-dealkylation sites (N-methyl/N-ethyl adjacent to an activating group) is 1. The van der Waals surface area contributed by atoms with E-state index in [1.165, 1.54) is 41.3 Å². The quantitative estimate of drug-likeness (QED) is 0.510. The molecule has 0 spiro atoms. The van der Waals surface area contributed by atoms with E-state index in [4.69, 9.17) is 14.2 Å². The number of carbonyl (C=O) groups excluding carboxylic acids is 1. The lowest BCUT2D eigenvalue weighted by Gasteiger charge is -2.33. The summed E-state index contributed by atoms with van der Waals surface area (Å²) in [4.78, 5) is 19.5. The molecule has 3 aliphatic rings. The zero-order chi connectivity index (χ0) is 24.8. The van der Waals surface area contributed by atoms with Crippen LogP contribution in [0.25, 0.3) is 21.5 Å². The highest BCUT2D eigenvalue weighted by Crippen LogP contribution is 2.44. The Hall–Kier alpha value is -3.03. The van der Waals surface area contributed by atoms with E-state index in [1.54, 1.807) is 14.2 Å².